The van der Waals surface area contributed by atoms with E-state index in [9.17, 15) is 0 Å². The number of hydrogen-bond acceptors (Lipinski definition) is 1. The van der Waals surface area contributed by atoms with Crippen LogP contribution in [0.25, 0.3) is 11.0 Å². The summed E-state index contributed by atoms with van der Waals surface area (Å²) >= 11 is 0. The highest BCUT2D eigenvalue weighted by molar-refractivity contribution is 5.77. The van der Waals surface area contributed by atoms with Crippen molar-refractivity contribution in [3.8, 4) is 0 Å². The number of aryl methyl sites for hydroxylation is 2. The summed E-state index contributed by atoms with van der Waals surface area (Å²) in [6.07, 6.45) is 5.39. The first kappa shape index (κ1) is 10.2. The molecule has 15 heavy (non-hydrogen) atoms. The van der Waals surface area contributed by atoms with Crippen LogP contribution in [0.4, 0.5) is 0 Å². The molecular weight excluding hydrogens is 184 g/mol. The van der Waals surface area contributed by atoms with Gasteiger partial charge in [0.25, 0.3) is 0 Å². The molecule has 0 radical (unpaired) electrons. The first-order valence-corrected chi connectivity index (χ1v) is 5.80. The van der Waals surface area contributed by atoms with Crippen LogP contribution in [-0.4, -0.2) is 9.55 Å². The van der Waals surface area contributed by atoms with Gasteiger partial charge in [-0.05, 0) is 31.0 Å². The van der Waals surface area contributed by atoms with Gasteiger partial charge in [-0.1, -0.05) is 20.3 Å². The lowest BCUT2D eigenvalue weighted by Gasteiger charge is -2.07. The van der Waals surface area contributed by atoms with Gasteiger partial charge in [0.05, 0.1) is 0 Å². The average molecular weight is 202 g/mol. The molecule has 2 nitrogen and oxygen atoms in total. The molecule has 0 atom stereocenters. The molecular formula is C13H18N2. The highest BCUT2D eigenvalue weighted by Gasteiger charge is 2.07. The van der Waals surface area contributed by atoms with Crippen LogP contribution < -0.4 is 0 Å². The maximum Gasteiger partial charge on any atom is 0.140 e. The first-order valence-electron chi connectivity index (χ1n) is 5.80. The smallest absolute Gasteiger partial charge is 0.140 e. The van der Waals surface area contributed by atoms with E-state index >= 15 is 0 Å². The van der Waals surface area contributed by atoms with Gasteiger partial charge in [-0.2, -0.15) is 0 Å². The fourth-order valence-corrected chi connectivity index (χ4v) is 2.08. The van der Waals surface area contributed by atoms with Gasteiger partial charge in [0.2, 0.25) is 0 Å². The Kier molecular flexibility index (Phi) is 3.05. The normalized spacial score (nSPS) is 11.1. The largest absolute Gasteiger partial charge is 0.330 e. The summed E-state index contributed by atoms with van der Waals surface area (Å²) in [7, 11) is 0. The summed E-state index contributed by atoms with van der Waals surface area (Å²) in [6, 6.07) is 6.43. The first-order chi connectivity index (χ1) is 7.36. The zero-order valence-corrected chi connectivity index (χ0v) is 9.53. The summed E-state index contributed by atoms with van der Waals surface area (Å²) < 4.78 is 2.36. The molecule has 0 aliphatic rings. The monoisotopic (exact) mass is 202 g/mol. The molecule has 0 spiro atoms. The van der Waals surface area contributed by atoms with Crippen molar-refractivity contribution < 1.29 is 0 Å². The second-order valence-corrected chi connectivity index (χ2v) is 3.95. The lowest BCUT2D eigenvalue weighted by Crippen LogP contribution is -2.02. The summed E-state index contributed by atoms with van der Waals surface area (Å²) in [4.78, 5) is 4.47. The molecule has 0 saturated carbocycles. The minimum atomic E-state index is 1.08. The molecule has 0 aliphatic heterocycles. The Bertz CT molecular complexity index is 443. The molecule has 2 aromatic rings. The van der Waals surface area contributed by atoms with Crippen LogP contribution >= 0.6 is 0 Å². The van der Waals surface area contributed by atoms with Crippen molar-refractivity contribution in [3.63, 3.8) is 0 Å². The van der Waals surface area contributed by atoms with Crippen LogP contribution in [0.2, 0.25) is 0 Å². The van der Waals surface area contributed by atoms with E-state index in [1.165, 1.54) is 17.5 Å². The van der Waals surface area contributed by atoms with Gasteiger partial charge in [0.15, 0.2) is 0 Å². The molecule has 80 valence electrons. The quantitative estimate of drug-likeness (QED) is 0.743. The number of pyridine rings is 1. The van der Waals surface area contributed by atoms with Crippen molar-refractivity contribution in [1.29, 1.82) is 0 Å². The van der Waals surface area contributed by atoms with E-state index in [4.69, 9.17) is 0 Å². The second-order valence-electron chi connectivity index (χ2n) is 3.95. The third-order valence-corrected chi connectivity index (χ3v) is 2.69. The van der Waals surface area contributed by atoms with Crippen molar-refractivity contribution in [2.24, 2.45) is 0 Å². The molecule has 0 aliphatic carbocycles. The van der Waals surface area contributed by atoms with Crippen molar-refractivity contribution >= 4 is 11.0 Å². The summed E-state index contributed by atoms with van der Waals surface area (Å²) in [5.41, 5.74) is 2.57. The SMILES string of the molecule is CCCc1cc2cccnc2n1CCC. The third kappa shape index (κ3) is 1.89. The molecule has 2 heteroatoms. The maximum atomic E-state index is 4.47. The standard InChI is InChI=1S/C13H18N2/c1-3-6-12-10-11-7-5-8-14-13(11)15(12)9-4-2/h5,7-8,10H,3-4,6,9H2,1-2H3. The molecule has 0 N–H and O–H groups in total. The van der Waals surface area contributed by atoms with Gasteiger partial charge in [-0.3, -0.25) is 0 Å². The Labute approximate surface area is 90.9 Å². The van der Waals surface area contributed by atoms with E-state index in [1.807, 2.05) is 12.3 Å². The highest BCUT2D eigenvalue weighted by Crippen LogP contribution is 2.19. The zero-order valence-electron chi connectivity index (χ0n) is 9.53. The topological polar surface area (TPSA) is 17.8 Å². The van der Waals surface area contributed by atoms with E-state index in [0.717, 1.165) is 25.0 Å². The Morgan fingerprint density at radius 3 is 2.87 bits per heavy atom. The molecule has 0 aromatic carbocycles. The van der Waals surface area contributed by atoms with E-state index in [0.29, 0.717) is 0 Å². The molecule has 0 bridgehead atoms. The van der Waals surface area contributed by atoms with Crippen LogP contribution in [0.3, 0.4) is 0 Å². The van der Waals surface area contributed by atoms with Crippen LogP contribution in [0.5, 0.6) is 0 Å². The number of aromatic nitrogens is 2. The van der Waals surface area contributed by atoms with Gasteiger partial charge in [0, 0.05) is 23.8 Å². The molecule has 2 aromatic heterocycles. The van der Waals surface area contributed by atoms with Crippen LogP contribution in [0.1, 0.15) is 32.4 Å². The van der Waals surface area contributed by atoms with Crippen LogP contribution in [0, 0.1) is 0 Å². The minimum Gasteiger partial charge on any atom is -0.330 e. The Morgan fingerprint density at radius 2 is 2.13 bits per heavy atom. The average Bonchev–Trinajstić information content (AvgIpc) is 2.59. The van der Waals surface area contributed by atoms with E-state index in [1.54, 1.807) is 0 Å². The van der Waals surface area contributed by atoms with Crippen molar-refractivity contribution in [2.75, 3.05) is 0 Å². The molecule has 2 heterocycles. The van der Waals surface area contributed by atoms with Gasteiger partial charge in [-0.25, -0.2) is 4.98 Å². The molecule has 0 saturated heterocycles. The summed E-state index contributed by atoms with van der Waals surface area (Å²) in [5, 5.41) is 1.27. The highest BCUT2D eigenvalue weighted by atomic mass is 15.0. The minimum absolute atomic E-state index is 1.08. The number of nitrogens with zero attached hydrogens (tertiary/aromatic N) is 2. The predicted octanol–water partition coefficient (Wildman–Crippen LogP) is 3.40. The Hall–Kier alpha value is -1.31. The van der Waals surface area contributed by atoms with Gasteiger partial charge in [-0.15, -0.1) is 0 Å². The second kappa shape index (κ2) is 4.47. The fraction of sp³-hybridized carbons (Fsp3) is 0.462. The summed E-state index contributed by atoms with van der Waals surface area (Å²) in [6.45, 7) is 5.52. The Balaban J connectivity index is 2.53. The van der Waals surface area contributed by atoms with Gasteiger partial charge in [0.1, 0.15) is 5.65 Å². The van der Waals surface area contributed by atoms with Crippen molar-refractivity contribution in [1.82, 2.24) is 9.55 Å². The van der Waals surface area contributed by atoms with E-state index in [2.05, 4.69) is 35.5 Å². The summed E-state index contributed by atoms with van der Waals surface area (Å²) in [5.74, 6) is 0. The van der Waals surface area contributed by atoms with E-state index in [-0.39, 0.29) is 0 Å². The fourth-order valence-electron chi connectivity index (χ4n) is 2.08. The molecule has 2 rings (SSSR count). The van der Waals surface area contributed by atoms with Crippen molar-refractivity contribution in [2.45, 2.75) is 39.7 Å². The zero-order chi connectivity index (χ0) is 10.7. The van der Waals surface area contributed by atoms with Crippen LogP contribution in [-0.2, 0) is 13.0 Å². The number of rotatable bonds is 4. The van der Waals surface area contributed by atoms with Gasteiger partial charge >= 0.3 is 0 Å². The predicted molar refractivity (Wildman–Crippen MR) is 64.0 cm³/mol. The molecule has 0 unspecified atom stereocenters. The number of hydrogen-bond donors (Lipinski definition) is 0. The lowest BCUT2D eigenvalue weighted by atomic mass is 10.2. The third-order valence-electron chi connectivity index (χ3n) is 2.69. The van der Waals surface area contributed by atoms with Crippen molar-refractivity contribution in [3.05, 3.63) is 30.1 Å². The van der Waals surface area contributed by atoms with E-state index < -0.39 is 0 Å². The number of fused-ring (bicyclic) bond motifs is 1. The Morgan fingerprint density at radius 1 is 1.27 bits per heavy atom. The van der Waals surface area contributed by atoms with Crippen LogP contribution in [0.15, 0.2) is 24.4 Å². The lowest BCUT2D eigenvalue weighted by molar-refractivity contribution is 0.655. The maximum absolute atomic E-state index is 4.47. The molecule has 0 amide bonds. The molecule has 0 fully saturated rings. The van der Waals surface area contributed by atoms with Gasteiger partial charge < -0.3 is 4.57 Å².